The minimum Gasteiger partial charge on any atom is -0.462 e. The van der Waals surface area contributed by atoms with E-state index in [9.17, 15) is 14.4 Å². The van der Waals surface area contributed by atoms with Crippen LogP contribution in [0, 0.1) is 0 Å². The van der Waals surface area contributed by atoms with Crippen molar-refractivity contribution < 1.29 is 28.6 Å². The average Bonchev–Trinajstić information content (AvgIpc) is 3.49. The van der Waals surface area contributed by atoms with Crippen LogP contribution in [0.3, 0.4) is 0 Å². The second kappa shape index (κ2) is 69.5. The van der Waals surface area contributed by atoms with Gasteiger partial charge in [0.05, 0.1) is 0 Å². The summed E-state index contributed by atoms with van der Waals surface area (Å²) in [7, 11) is 0. The molecule has 0 fully saturated rings. The number of allylic oxidation sites excluding steroid dienone is 26. The van der Waals surface area contributed by atoms with Crippen LogP contribution in [-0.2, 0) is 28.6 Å². The van der Waals surface area contributed by atoms with Crippen LogP contribution in [0.2, 0.25) is 0 Å². The van der Waals surface area contributed by atoms with Crippen molar-refractivity contribution in [2.45, 2.75) is 297 Å². The summed E-state index contributed by atoms with van der Waals surface area (Å²) in [6.45, 7) is 6.33. The van der Waals surface area contributed by atoms with Gasteiger partial charge < -0.3 is 14.2 Å². The van der Waals surface area contributed by atoms with Gasteiger partial charge >= 0.3 is 17.9 Å². The molecule has 0 aliphatic heterocycles. The fraction of sp³-hybridized carbons (Fsp3) is 0.623. The second-order valence-corrected chi connectivity index (χ2v) is 22.0. The predicted molar refractivity (Wildman–Crippen MR) is 362 cm³/mol. The lowest BCUT2D eigenvalue weighted by Gasteiger charge is -2.18. The van der Waals surface area contributed by atoms with E-state index in [2.05, 4.69) is 179 Å². The second-order valence-electron chi connectivity index (χ2n) is 22.0. The van der Waals surface area contributed by atoms with Crippen molar-refractivity contribution in [3.63, 3.8) is 0 Å². The Morgan fingerprint density at radius 1 is 0.253 bits per heavy atom. The van der Waals surface area contributed by atoms with Crippen LogP contribution in [-0.4, -0.2) is 37.2 Å². The number of carbonyl (C=O) groups is 3. The molecular weight excluding hydrogens is 1020 g/mol. The van der Waals surface area contributed by atoms with Gasteiger partial charge in [-0.2, -0.15) is 0 Å². The molecule has 1 atom stereocenters. The van der Waals surface area contributed by atoms with Crippen molar-refractivity contribution in [3.05, 3.63) is 158 Å². The van der Waals surface area contributed by atoms with Crippen LogP contribution in [0.15, 0.2) is 158 Å². The fourth-order valence-corrected chi connectivity index (χ4v) is 9.02. The molecule has 0 saturated carbocycles. The molecule has 0 spiro atoms. The molecule has 0 aliphatic carbocycles. The van der Waals surface area contributed by atoms with E-state index in [1.165, 1.54) is 116 Å². The highest BCUT2D eigenvalue weighted by Crippen LogP contribution is 2.16. The standard InChI is InChI=1S/C77H124O6/c1-4-7-10-13-16-18-20-22-24-26-28-30-32-34-36-38-40-42-44-46-48-50-52-54-56-58-61-64-67-70-76(79)82-73-74(72-81-75(78)69-66-63-60-15-12-9-6-3)83-77(80)71-68-65-62-59-57-55-53-51-49-47-45-43-41-39-37-35-33-31-29-27-25-23-21-19-17-14-11-8-5-2/h7-8,10-11,16-19,22-25,28-31,34,36,40,42,46,48,52,54,58,61,74H,4-6,9,12-15,20-21,26-27,32-33,35,37-39,41,43-45,47,49-51,53,55-57,59-60,62-73H2,1-3H3/b10-7-,11-8-,18-16-,19-17-,24-22-,25-23-,30-28-,31-29-,36-34-,42-40-,48-46-,54-52-,61-58-. The van der Waals surface area contributed by atoms with Crippen molar-refractivity contribution in [3.8, 4) is 0 Å². The van der Waals surface area contributed by atoms with Crippen LogP contribution in [0.4, 0.5) is 0 Å². The van der Waals surface area contributed by atoms with Gasteiger partial charge in [0.2, 0.25) is 0 Å². The molecule has 0 amide bonds. The SMILES string of the molecule is CC/C=C\C/C=C\C/C=C\C/C=C\C/C=C\C/C=C\C/C=C\C/C=C\C/C=C\CCCC(=O)OCC(COC(=O)CCCCCCCCC)OC(=O)CCCCCCCCCCCCCCCCCC/C=C\C/C=C\C/C=C\C/C=C\CC. The molecule has 0 saturated heterocycles. The van der Waals surface area contributed by atoms with Gasteiger partial charge in [0, 0.05) is 19.3 Å². The van der Waals surface area contributed by atoms with E-state index in [-0.39, 0.29) is 37.5 Å². The molecule has 83 heavy (non-hydrogen) atoms. The molecule has 468 valence electrons. The third-order valence-corrected chi connectivity index (χ3v) is 14.0. The lowest BCUT2D eigenvalue weighted by Crippen LogP contribution is -2.30. The van der Waals surface area contributed by atoms with Crippen LogP contribution in [0.5, 0.6) is 0 Å². The maximum atomic E-state index is 12.9. The Balaban J connectivity index is 4.22. The van der Waals surface area contributed by atoms with Crippen LogP contribution in [0.25, 0.3) is 0 Å². The molecule has 6 heteroatoms. The van der Waals surface area contributed by atoms with Crippen molar-refractivity contribution in [1.82, 2.24) is 0 Å². The van der Waals surface area contributed by atoms with Gasteiger partial charge in [-0.05, 0) is 122 Å². The summed E-state index contributed by atoms with van der Waals surface area (Å²) in [4.78, 5) is 38.1. The van der Waals surface area contributed by atoms with Gasteiger partial charge in [-0.3, -0.25) is 14.4 Å². The summed E-state index contributed by atoms with van der Waals surface area (Å²) in [5.41, 5.74) is 0. The summed E-state index contributed by atoms with van der Waals surface area (Å²) in [6.07, 6.45) is 102. The lowest BCUT2D eigenvalue weighted by atomic mass is 10.0. The zero-order chi connectivity index (χ0) is 59.9. The highest BCUT2D eigenvalue weighted by Gasteiger charge is 2.19. The molecule has 0 radical (unpaired) electrons. The molecule has 0 N–H and O–H groups in total. The van der Waals surface area contributed by atoms with E-state index in [1.807, 2.05) is 0 Å². The average molecular weight is 1150 g/mol. The fourth-order valence-electron chi connectivity index (χ4n) is 9.02. The number of ether oxygens (including phenoxy) is 3. The Morgan fingerprint density at radius 3 is 0.783 bits per heavy atom. The number of esters is 3. The maximum absolute atomic E-state index is 12.9. The number of hydrogen-bond donors (Lipinski definition) is 0. The van der Waals surface area contributed by atoms with Crippen molar-refractivity contribution in [2.75, 3.05) is 13.2 Å². The zero-order valence-electron chi connectivity index (χ0n) is 53.7. The Kier molecular flexibility index (Phi) is 65.4. The molecule has 0 aliphatic rings. The number of hydrogen-bond acceptors (Lipinski definition) is 6. The number of carbonyl (C=O) groups excluding carboxylic acids is 3. The van der Waals surface area contributed by atoms with Crippen molar-refractivity contribution in [1.29, 1.82) is 0 Å². The normalized spacial score (nSPS) is 13.1. The van der Waals surface area contributed by atoms with Gasteiger partial charge in [0.1, 0.15) is 13.2 Å². The van der Waals surface area contributed by atoms with E-state index in [0.717, 1.165) is 128 Å². The molecule has 0 rings (SSSR count). The van der Waals surface area contributed by atoms with E-state index in [0.29, 0.717) is 19.3 Å². The smallest absolute Gasteiger partial charge is 0.306 e. The molecule has 1 unspecified atom stereocenters. The van der Waals surface area contributed by atoms with Gasteiger partial charge in [-0.25, -0.2) is 0 Å². The first-order valence-corrected chi connectivity index (χ1v) is 34.0. The molecule has 0 bridgehead atoms. The maximum Gasteiger partial charge on any atom is 0.306 e. The van der Waals surface area contributed by atoms with Gasteiger partial charge in [-0.1, -0.05) is 307 Å². The Hall–Kier alpha value is -4.97. The molecule has 0 aromatic rings. The van der Waals surface area contributed by atoms with Gasteiger partial charge in [-0.15, -0.1) is 0 Å². The summed E-state index contributed by atoms with van der Waals surface area (Å²) in [5.74, 6) is -0.967. The predicted octanol–water partition coefficient (Wildman–Crippen LogP) is 23.7. The quantitative estimate of drug-likeness (QED) is 0.0261. The number of rotatable bonds is 60. The summed E-state index contributed by atoms with van der Waals surface area (Å²) >= 11 is 0. The monoisotopic (exact) mass is 1140 g/mol. The molecular formula is C77H124O6. The van der Waals surface area contributed by atoms with E-state index < -0.39 is 6.10 Å². The summed E-state index contributed by atoms with van der Waals surface area (Å²) in [5, 5.41) is 0. The minimum absolute atomic E-state index is 0.0991. The minimum atomic E-state index is -0.805. The first-order chi connectivity index (χ1) is 41.0. The topological polar surface area (TPSA) is 78.9 Å². The molecule has 0 aromatic heterocycles. The Bertz CT molecular complexity index is 1840. The third kappa shape index (κ3) is 67.7. The van der Waals surface area contributed by atoms with Crippen LogP contribution >= 0.6 is 0 Å². The van der Waals surface area contributed by atoms with Gasteiger partial charge in [0.25, 0.3) is 0 Å². The summed E-state index contributed by atoms with van der Waals surface area (Å²) < 4.78 is 16.8. The van der Waals surface area contributed by atoms with Gasteiger partial charge in [0.15, 0.2) is 6.10 Å². The lowest BCUT2D eigenvalue weighted by molar-refractivity contribution is -0.167. The molecule has 0 aromatic carbocycles. The van der Waals surface area contributed by atoms with E-state index in [4.69, 9.17) is 14.2 Å². The largest absolute Gasteiger partial charge is 0.462 e. The van der Waals surface area contributed by atoms with Crippen LogP contribution in [0.1, 0.15) is 290 Å². The molecule has 0 heterocycles. The Labute approximate surface area is 511 Å². The number of unbranched alkanes of at least 4 members (excludes halogenated alkanes) is 23. The highest BCUT2D eigenvalue weighted by atomic mass is 16.6. The third-order valence-electron chi connectivity index (χ3n) is 14.0. The van der Waals surface area contributed by atoms with Crippen molar-refractivity contribution >= 4 is 17.9 Å². The van der Waals surface area contributed by atoms with Crippen LogP contribution < -0.4 is 0 Å². The zero-order valence-corrected chi connectivity index (χ0v) is 53.7. The molecule has 6 nitrogen and oxygen atoms in total. The highest BCUT2D eigenvalue weighted by molar-refractivity contribution is 5.71. The van der Waals surface area contributed by atoms with Crippen molar-refractivity contribution in [2.24, 2.45) is 0 Å². The first kappa shape index (κ1) is 78.0. The van der Waals surface area contributed by atoms with E-state index >= 15 is 0 Å². The first-order valence-electron chi connectivity index (χ1n) is 34.0. The summed E-state index contributed by atoms with van der Waals surface area (Å²) in [6, 6.07) is 0. The Morgan fingerprint density at radius 2 is 0.482 bits per heavy atom. The van der Waals surface area contributed by atoms with E-state index in [1.54, 1.807) is 0 Å².